The molecule has 2 nitrogen and oxygen atoms in total. The van der Waals surface area contributed by atoms with E-state index in [0.717, 1.165) is 20.1 Å². The van der Waals surface area contributed by atoms with E-state index in [0.29, 0.717) is 5.56 Å². The van der Waals surface area contributed by atoms with Crippen molar-refractivity contribution in [3.05, 3.63) is 57.8 Å². The first kappa shape index (κ1) is 10.7. The Morgan fingerprint density at radius 3 is 2.94 bits per heavy atom. The average Bonchev–Trinajstić information content (AvgIpc) is 2.98. The molecule has 17 heavy (non-hydrogen) atoms. The number of halogens is 1. The summed E-state index contributed by atoms with van der Waals surface area (Å²) in [4.78, 5) is 12.2. The molecule has 0 atom stereocenters. The number of carbonyl (C=O) groups is 1. The molecular formula is C13H7BrO2S. The van der Waals surface area contributed by atoms with E-state index < -0.39 is 0 Å². The quantitative estimate of drug-likeness (QED) is 0.653. The Morgan fingerprint density at radius 1 is 1.29 bits per heavy atom. The predicted octanol–water partition coefficient (Wildman–Crippen LogP) is 4.49. The van der Waals surface area contributed by atoms with Crippen LogP contribution in [0, 0.1) is 0 Å². The predicted molar refractivity (Wildman–Crippen MR) is 71.7 cm³/mol. The first-order valence-corrected chi connectivity index (χ1v) is 6.67. The largest absolute Gasteiger partial charge is 0.472 e. The van der Waals surface area contributed by atoms with Crippen LogP contribution in [0.25, 0.3) is 10.1 Å². The van der Waals surface area contributed by atoms with Crippen molar-refractivity contribution in [3.8, 4) is 0 Å². The average molecular weight is 307 g/mol. The number of furan rings is 1. The molecule has 0 bridgehead atoms. The van der Waals surface area contributed by atoms with E-state index >= 15 is 0 Å². The van der Waals surface area contributed by atoms with Gasteiger partial charge >= 0.3 is 0 Å². The van der Waals surface area contributed by atoms with Crippen LogP contribution < -0.4 is 0 Å². The summed E-state index contributed by atoms with van der Waals surface area (Å²) in [7, 11) is 0. The maximum absolute atomic E-state index is 12.2. The monoisotopic (exact) mass is 306 g/mol. The van der Waals surface area contributed by atoms with Crippen LogP contribution in [-0.4, -0.2) is 5.78 Å². The Hall–Kier alpha value is -1.39. The lowest BCUT2D eigenvalue weighted by Gasteiger charge is -1.97. The van der Waals surface area contributed by atoms with Gasteiger partial charge in [0.1, 0.15) is 6.26 Å². The molecule has 0 aliphatic heterocycles. The normalized spacial score (nSPS) is 10.9. The molecule has 0 aliphatic rings. The number of ketones is 1. The molecule has 2 aromatic heterocycles. The Labute approximate surface area is 110 Å². The van der Waals surface area contributed by atoms with Crippen molar-refractivity contribution in [3.63, 3.8) is 0 Å². The molecule has 3 aromatic rings. The minimum Gasteiger partial charge on any atom is -0.472 e. The van der Waals surface area contributed by atoms with Gasteiger partial charge in [-0.2, -0.15) is 0 Å². The van der Waals surface area contributed by atoms with Crippen molar-refractivity contribution in [1.82, 2.24) is 0 Å². The van der Waals surface area contributed by atoms with Gasteiger partial charge in [-0.05, 0) is 28.1 Å². The third-order valence-electron chi connectivity index (χ3n) is 2.58. The SMILES string of the molecule is O=C(c1ccoc1)c1csc2c(Br)cccc12. The molecule has 0 radical (unpaired) electrons. The van der Waals surface area contributed by atoms with E-state index in [-0.39, 0.29) is 5.78 Å². The lowest BCUT2D eigenvalue weighted by Crippen LogP contribution is -1.97. The number of carbonyl (C=O) groups excluding carboxylic acids is 1. The van der Waals surface area contributed by atoms with E-state index in [1.165, 1.54) is 12.5 Å². The zero-order valence-corrected chi connectivity index (χ0v) is 11.0. The van der Waals surface area contributed by atoms with Gasteiger partial charge in [-0.25, -0.2) is 0 Å². The molecule has 0 unspecified atom stereocenters. The standard InChI is InChI=1S/C13H7BrO2S/c14-11-3-1-2-9-10(7-17-13(9)11)12(15)8-4-5-16-6-8/h1-7H. The maximum atomic E-state index is 12.2. The Balaban J connectivity index is 2.19. The van der Waals surface area contributed by atoms with Gasteiger partial charge in [0, 0.05) is 25.5 Å². The van der Waals surface area contributed by atoms with Crippen molar-refractivity contribution < 1.29 is 9.21 Å². The molecule has 0 spiro atoms. The molecule has 0 fully saturated rings. The highest BCUT2D eigenvalue weighted by Gasteiger charge is 2.15. The van der Waals surface area contributed by atoms with Crippen LogP contribution in [-0.2, 0) is 0 Å². The van der Waals surface area contributed by atoms with Crippen LogP contribution in [0.3, 0.4) is 0 Å². The minimum absolute atomic E-state index is 0.00287. The van der Waals surface area contributed by atoms with Gasteiger partial charge < -0.3 is 4.42 Å². The highest BCUT2D eigenvalue weighted by Crippen LogP contribution is 2.33. The Morgan fingerprint density at radius 2 is 2.18 bits per heavy atom. The van der Waals surface area contributed by atoms with Crippen LogP contribution in [0.2, 0.25) is 0 Å². The maximum Gasteiger partial charge on any atom is 0.197 e. The second kappa shape index (κ2) is 4.13. The number of hydrogen-bond acceptors (Lipinski definition) is 3. The molecule has 0 saturated carbocycles. The lowest BCUT2D eigenvalue weighted by molar-refractivity contribution is 0.104. The molecule has 0 N–H and O–H groups in total. The molecule has 0 amide bonds. The van der Waals surface area contributed by atoms with Crippen LogP contribution in [0.15, 0.2) is 51.1 Å². The zero-order valence-electron chi connectivity index (χ0n) is 8.64. The van der Waals surface area contributed by atoms with E-state index in [2.05, 4.69) is 15.9 Å². The minimum atomic E-state index is 0.00287. The van der Waals surface area contributed by atoms with Crippen molar-refractivity contribution in [2.75, 3.05) is 0 Å². The summed E-state index contributed by atoms with van der Waals surface area (Å²) in [6.45, 7) is 0. The lowest BCUT2D eigenvalue weighted by atomic mass is 10.1. The number of benzene rings is 1. The van der Waals surface area contributed by atoms with E-state index in [1.54, 1.807) is 17.4 Å². The summed E-state index contributed by atoms with van der Waals surface area (Å²) >= 11 is 5.06. The van der Waals surface area contributed by atoms with E-state index in [1.807, 2.05) is 23.6 Å². The van der Waals surface area contributed by atoms with Gasteiger partial charge in [0.25, 0.3) is 0 Å². The molecule has 0 saturated heterocycles. The highest BCUT2D eigenvalue weighted by molar-refractivity contribution is 9.10. The zero-order chi connectivity index (χ0) is 11.8. The molecule has 1 aromatic carbocycles. The number of rotatable bonds is 2. The van der Waals surface area contributed by atoms with Crippen molar-refractivity contribution in [2.45, 2.75) is 0 Å². The summed E-state index contributed by atoms with van der Waals surface area (Å²) in [5.41, 5.74) is 1.32. The number of hydrogen-bond donors (Lipinski definition) is 0. The summed E-state index contributed by atoms with van der Waals surface area (Å²) in [6.07, 6.45) is 2.99. The highest BCUT2D eigenvalue weighted by atomic mass is 79.9. The summed E-state index contributed by atoms with van der Waals surface area (Å²) in [5.74, 6) is 0.00287. The van der Waals surface area contributed by atoms with Crippen molar-refractivity contribution in [2.24, 2.45) is 0 Å². The molecule has 84 valence electrons. The second-order valence-corrected chi connectivity index (χ2v) is 5.34. The topological polar surface area (TPSA) is 30.2 Å². The number of thiophene rings is 1. The Kier molecular flexibility index (Phi) is 2.61. The fourth-order valence-electron chi connectivity index (χ4n) is 1.75. The fourth-order valence-corrected chi connectivity index (χ4v) is 3.35. The fraction of sp³-hybridized carbons (Fsp3) is 0. The first-order chi connectivity index (χ1) is 8.27. The van der Waals surface area contributed by atoms with Gasteiger partial charge in [-0.1, -0.05) is 12.1 Å². The Bertz CT molecular complexity index is 683. The second-order valence-electron chi connectivity index (χ2n) is 3.61. The van der Waals surface area contributed by atoms with Gasteiger partial charge in [-0.3, -0.25) is 4.79 Å². The van der Waals surface area contributed by atoms with E-state index in [4.69, 9.17) is 4.42 Å². The number of fused-ring (bicyclic) bond motifs is 1. The van der Waals surface area contributed by atoms with E-state index in [9.17, 15) is 4.79 Å². The van der Waals surface area contributed by atoms with Crippen LogP contribution in [0.1, 0.15) is 15.9 Å². The summed E-state index contributed by atoms with van der Waals surface area (Å²) in [5, 5.41) is 2.88. The molecule has 2 heterocycles. The van der Waals surface area contributed by atoms with Crippen molar-refractivity contribution >= 4 is 43.1 Å². The summed E-state index contributed by atoms with van der Waals surface area (Å²) < 4.78 is 7.06. The van der Waals surface area contributed by atoms with Crippen LogP contribution in [0.4, 0.5) is 0 Å². The molecule has 4 heteroatoms. The third-order valence-corrected chi connectivity index (χ3v) is 4.53. The van der Waals surface area contributed by atoms with Crippen molar-refractivity contribution in [1.29, 1.82) is 0 Å². The molecular weight excluding hydrogens is 300 g/mol. The van der Waals surface area contributed by atoms with Gasteiger partial charge in [0.05, 0.1) is 11.8 Å². The smallest absolute Gasteiger partial charge is 0.197 e. The third kappa shape index (κ3) is 1.73. The molecule has 0 aliphatic carbocycles. The summed E-state index contributed by atoms with van der Waals surface area (Å²) in [6, 6.07) is 7.56. The van der Waals surface area contributed by atoms with Crippen LogP contribution >= 0.6 is 27.3 Å². The van der Waals surface area contributed by atoms with Gasteiger partial charge in [-0.15, -0.1) is 11.3 Å². The van der Waals surface area contributed by atoms with Crippen LogP contribution in [0.5, 0.6) is 0 Å². The van der Waals surface area contributed by atoms with Gasteiger partial charge in [0.2, 0.25) is 0 Å². The first-order valence-electron chi connectivity index (χ1n) is 5.00. The van der Waals surface area contributed by atoms with Gasteiger partial charge in [0.15, 0.2) is 5.78 Å². The molecule has 3 rings (SSSR count).